The Hall–Kier alpha value is -3.60. The predicted molar refractivity (Wildman–Crippen MR) is 133 cm³/mol. The number of halogens is 2. The minimum Gasteiger partial charge on any atom is -0.486 e. The molecular weight excluding hydrogens is 518 g/mol. The van der Waals surface area contributed by atoms with Gasteiger partial charge >= 0.3 is 6.03 Å². The zero-order valence-corrected chi connectivity index (χ0v) is 20.5. The molecule has 6 nitrogen and oxygen atoms in total. The number of urea groups is 1. The Morgan fingerprint density at radius 2 is 1.88 bits per heavy atom. The molecule has 0 aromatic heterocycles. The summed E-state index contributed by atoms with van der Waals surface area (Å²) in [5.74, 6) is 0.00518. The van der Waals surface area contributed by atoms with E-state index in [-0.39, 0.29) is 18.8 Å². The third-order valence-corrected chi connectivity index (χ3v) is 6.13. The molecule has 1 heterocycles. The maximum Gasteiger partial charge on any atom is 0.329 e. The van der Waals surface area contributed by atoms with Gasteiger partial charge in [-0.2, -0.15) is 5.26 Å². The van der Waals surface area contributed by atoms with Crippen molar-refractivity contribution in [3.05, 3.63) is 104 Å². The van der Waals surface area contributed by atoms with E-state index in [1.807, 2.05) is 43.3 Å². The van der Waals surface area contributed by atoms with Crippen LogP contribution in [-0.2, 0) is 17.9 Å². The molecule has 1 aliphatic heterocycles. The molecule has 1 fully saturated rings. The Morgan fingerprint density at radius 1 is 1.15 bits per heavy atom. The first kappa shape index (κ1) is 23.6. The minimum atomic E-state index is -0.474. The quantitative estimate of drug-likeness (QED) is 0.312. The van der Waals surface area contributed by atoms with Gasteiger partial charge < -0.3 is 10.1 Å². The van der Waals surface area contributed by atoms with Crippen molar-refractivity contribution in [2.24, 2.45) is 0 Å². The number of carbonyl (C=O) groups excluding carboxylic acids is 2. The van der Waals surface area contributed by atoms with Crippen LogP contribution in [0.4, 0.5) is 4.79 Å². The SMILES string of the molecule is Cc1ccc(CN2C(=O)N/C(=C/c3cc(Cl)c(OCc4ccccc4C#N)c(Br)c3)C2=O)cc1. The molecule has 0 aliphatic carbocycles. The second-order valence-corrected chi connectivity index (χ2v) is 9.00. The first-order valence-corrected chi connectivity index (χ1v) is 11.5. The fourth-order valence-corrected chi connectivity index (χ4v) is 4.45. The second-order valence-electron chi connectivity index (χ2n) is 7.74. The molecule has 0 bridgehead atoms. The number of imide groups is 1. The fraction of sp³-hybridized carbons (Fsp3) is 0.115. The summed E-state index contributed by atoms with van der Waals surface area (Å²) in [6.07, 6.45) is 1.57. The molecule has 8 heteroatoms. The predicted octanol–water partition coefficient (Wildman–Crippen LogP) is 5.95. The topological polar surface area (TPSA) is 82.4 Å². The highest BCUT2D eigenvalue weighted by Crippen LogP contribution is 2.36. The number of amides is 3. The van der Waals surface area contributed by atoms with E-state index >= 15 is 0 Å². The molecule has 170 valence electrons. The Kier molecular flexibility index (Phi) is 7.01. The molecule has 3 aromatic rings. The largest absolute Gasteiger partial charge is 0.486 e. The van der Waals surface area contributed by atoms with Gasteiger partial charge in [0.25, 0.3) is 5.91 Å². The molecule has 0 spiro atoms. The third-order valence-electron chi connectivity index (χ3n) is 5.27. The number of hydrogen-bond acceptors (Lipinski definition) is 4. The van der Waals surface area contributed by atoms with Crippen LogP contribution in [0.3, 0.4) is 0 Å². The van der Waals surface area contributed by atoms with Crippen molar-refractivity contribution in [1.82, 2.24) is 10.2 Å². The molecule has 3 aromatic carbocycles. The summed E-state index contributed by atoms with van der Waals surface area (Å²) in [5.41, 5.74) is 4.01. The number of nitrogens with zero attached hydrogens (tertiary/aromatic N) is 2. The molecule has 3 amide bonds. The van der Waals surface area contributed by atoms with Crippen LogP contribution in [0.15, 0.2) is 70.8 Å². The van der Waals surface area contributed by atoms with Crippen molar-refractivity contribution < 1.29 is 14.3 Å². The van der Waals surface area contributed by atoms with Gasteiger partial charge in [-0.1, -0.05) is 59.6 Å². The average Bonchev–Trinajstić information content (AvgIpc) is 3.07. The van der Waals surface area contributed by atoms with Gasteiger partial charge in [0.05, 0.1) is 27.7 Å². The lowest BCUT2D eigenvalue weighted by molar-refractivity contribution is -0.123. The normalized spacial score (nSPS) is 14.3. The smallest absolute Gasteiger partial charge is 0.329 e. The monoisotopic (exact) mass is 535 g/mol. The first-order chi connectivity index (χ1) is 16.4. The van der Waals surface area contributed by atoms with Crippen molar-refractivity contribution in [2.45, 2.75) is 20.1 Å². The summed E-state index contributed by atoms with van der Waals surface area (Å²) >= 11 is 9.90. The van der Waals surface area contributed by atoms with E-state index in [1.54, 1.807) is 30.3 Å². The van der Waals surface area contributed by atoms with Crippen LogP contribution in [0.5, 0.6) is 5.75 Å². The Balaban J connectivity index is 1.51. The van der Waals surface area contributed by atoms with E-state index in [0.717, 1.165) is 21.6 Å². The van der Waals surface area contributed by atoms with Crippen LogP contribution in [-0.4, -0.2) is 16.8 Å². The van der Waals surface area contributed by atoms with Crippen LogP contribution in [0.1, 0.15) is 27.8 Å². The second kappa shape index (κ2) is 10.1. The molecule has 34 heavy (non-hydrogen) atoms. The number of nitriles is 1. The molecule has 1 saturated heterocycles. The zero-order valence-electron chi connectivity index (χ0n) is 18.1. The molecule has 0 unspecified atom stereocenters. The van der Waals surface area contributed by atoms with Gasteiger partial charge in [0.15, 0.2) is 5.75 Å². The third kappa shape index (κ3) is 5.14. The van der Waals surface area contributed by atoms with Crippen LogP contribution < -0.4 is 10.1 Å². The van der Waals surface area contributed by atoms with E-state index in [4.69, 9.17) is 16.3 Å². The molecule has 1 N–H and O–H groups in total. The minimum absolute atomic E-state index is 0.164. The maximum absolute atomic E-state index is 12.8. The van der Waals surface area contributed by atoms with Gasteiger partial charge in [-0.05, 0) is 58.3 Å². The van der Waals surface area contributed by atoms with Crippen molar-refractivity contribution in [3.63, 3.8) is 0 Å². The lowest BCUT2D eigenvalue weighted by Crippen LogP contribution is -2.30. The Morgan fingerprint density at radius 3 is 2.59 bits per heavy atom. The number of hydrogen-bond donors (Lipinski definition) is 1. The maximum atomic E-state index is 12.8. The highest BCUT2D eigenvalue weighted by molar-refractivity contribution is 9.10. The first-order valence-electron chi connectivity index (χ1n) is 10.4. The highest BCUT2D eigenvalue weighted by Gasteiger charge is 2.33. The van der Waals surface area contributed by atoms with E-state index in [9.17, 15) is 14.9 Å². The summed E-state index contributed by atoms with van der Waals surface area (Å²) in [6.45, 7) is 2.33. The molecular formula is C26H19BrClN3O3. The van der Waals surface area contributed by atoms with Gasteiger partial charge in [-0.15, -0.1) is 0 Å². The van der Waals surface area contributed by atoms with Gasteiger partial charge in [0, 0.05) is 5.56 Å². The molecule has 0 radical (unpaired) electrons. The molecule has 1 aliphatic rings. The summed E-state index contributed by atoms with van der Waals surface area (Å²) in [7, 11) is 0. The van der Waals surface area contributed by atoms with E-state index in [2.05, 4.69) is 27.3 Å². The Bertz CT molecular complexity index is 1320. The van der Waals surface area contributed by atoms with Crippen LogP contribution >= 0.6 is 27.5 Å². The Labute approximate surface area is 210 Å². The van der Waals surface area contributed by atoms with Gasteiger partial charge in [-0.25, -0.2) is 4.79 Å². The van der Waals surface area contributed by atoms with Crippen molar-refractivity contribution in [1.29, 1.82) is 5.26 Å². The van der Waals surface area contributed by atoms with Gasteiger partial charge in [-0.3, -0.25) is 9.69 Å². The summed E-state index contributed by atoms with van der Waals surface area (Å²) in [4.78, 5) is 26.4. The number of aryl methyl sites for hydroxylation is 1. The van der Waals surface area contributed by atoms with E-state index in [0.29, 0.717) is 26.4 Å². The van der Waals surface area contributed by atoms with E-state index in [1.165, 1.54) is 0 Å². The van der Waals surface area contributed by atoms with Crippen molar-refractivity contribution >= 4 is 45.5 Å². The highest BCUT2D eigenvalue weighted by atomic mass is 79.9. The molecule has 4 rings (SSSR count). The number of nitrogens with one attached hydrogen (secondary N) is 1. The van der Waals surface area contributed by atoms with Crippen LogP contribution in [0, 0.1) is 18.3 Å². The summed E-state index contributed by atoms with van der Waals surface area (Å²) < 4.78 is 6.43. The van der Waals surface area contributed by atoms with Crippen molar-refractivity contribution in [3.8, 4) is 11.8 Å². The summed E-state index contributed by atoms with van der Waals surface area (Å²) in [6, 6.07) is 19.9. The fourth-order valence-electron chi connectivity index (χ4n) is 3.46. The average molecular weight is 537 g/mol. The number of benzene rings is 3. The molecule has 0 saturated carbocycles. The summed E-state index contributed by atoms with van der Waals surface area (Å²) in [5, 5.41) is 12.2. The lowest BCUT2D eigenvalue weighted by atomic mass is 10.1. The standard InChI is InChI=1S/C26H19BrClN3O3/c1-16-6-8-17(9-7-16)14-31-25(32)23(30-26(31)33)12-18-10-21(27)24(22(28)11-18)34-15-20-5-3-2-4-19(20)13-29/h2-12H,14-15H2,1H3,(H,30,33)/b23-12+. The van der Waals surface area contributed by atoms with Gasteiger partial charge in [0.1, 0.15) is 12.3 Å². The van der Waals surface area contributed by atoms with Crippen LogP contribution in [0.2, 0.25) is 5.02 Å². The number of carbonyl (C=O) groups is 2. The van der Waals surface area contributed by atoms with Gasteiger partial charge in [0.2, 0.25) is 0 Å². The van der Waals surface area contributed by atoms with Crippen molar-refractivity contribution in [2.75, 3.05) is 0 Å². The van der Waals surface area contributed by atoms with E-state index < -0.39 is 11.9 Å². The number of ether oxygens (including phenoxy) is 1. The van der Waals surface area contributed by atoms with Crippen LogP contribution in [0.25, 0.3) is 6.08 Å². The molecule has 0 atom stereocenters. The zero-order chi connectivity index (χ0) is 24.2. The lowest BCUT2D eigenvalue weighted by Gasteiger charge is -2.12. The number of rotatable bonds is 6.